The smallest absolute Gasteiger partial charge is 0.313 e. The maximum absolute atomic E-state index is 12.0. The minimum Gasteiger partial charge on any atom is -0.496 e. The van der Waals surface area contributed by atoms with E-state index in [9.17, 15) is 9.59 Å². The highest BCUT2D eigenvalue weighted by atomic mass is 16.5. The van der Waals surface area contributed by atoms with Crippen LogP contribution in [0.25, 0.3) is 0 Å². The average molecular weight is 342 g/mol. The first-order chi connectivity index (χ1) is 12.2. The summed E-state index contributed by atoms with van der Waals surface area (Å²) >= 11 is 0. The number of benzene rings is 2. The predicted octanol–water partition coefficient (Wildman–Crippen LogP) is 2.39. The van der Waals surface area contributed by atoms with Crippen molar-refractivity contribution in [2.45, 2.75) is 13.3 Å². The zero-order valence-corrected chi connectivity index (χ0v) is 14.4. The average Bonchev–Trinajstić information content (AvgIpc) is 2.63. The number of anilines is 1. The second-order valence-electron chi connectivity index (χ2n) is 5.20. The minimum atomic E-state index is -0.729. The first-order valence-electron chi connectivity index (χ1n) is 8.08. The molecule has 0 aromatic heterocycles. The summed E-state index contributed by atoms with van der Waals surface area (Å²) in [5.41, 5.74) is 1.43. The van der Waals surface area contributed by atoms with Gasteiger partial charge in [-0.25, -0.2) is 0 Å². The molecular formula is C19H22N2O4. The molecule has 0 saturated carbocycles. The Morgan fingerprint density at radius 2 is 1.64 bits per heavy atom. The number of methoxy groups -OCH3 is 1. The first-order valence-corrected chi connectivity index (χ1v) is 8.08. The van der Waals surface area contributed by atoms with Crippen molar-refractivity contribution in [3.05, 3.63) is 54.1 Å². The van der Waals surface area contributed by atoms with Gasteiger partial charge in [0.05, 0.1) is 19.4 Å². The maximum Gasteiger partial charge on any atom is 0.313 e. The standard InChI is InChI=1S/C19H22N2O4/c1-3-25-17-11-7-5-9-15(17)21-19(23)18(22)20-13-12-14-8-4-6-10-16(14)24-2/h4-11H,3,12-13H2,1-2H3,(H,20,22)(H,21,23). The number of hydrogen-bond donors (Lipinski definition) is 2. The van der Waals surface area contributed by atoms with Gasteiger partial charge in [0.15, 0.2) is 0 Å². The van der Waals surface area contributed by atoms with Crippen LogP contribution in [0.2, 0.25) is 0 Å². The highest BCUT2D eigenvalue weighted by molar-refractivity contribution is 6.39. The summed E-state index contributed by atoms with van der Waals surface area (Å²) in [6, 6.07) is 14.5. The van der Waals surface area contributed by atoms with E-state index >= 15 is 0 Å². The minimum absolute atomic E-state index is 0.333. The van der Waals surface area contributed by atoms with E-state index in [0.717, 1.165) is 11.3 Å². The lowest BCUT2D eigenvalue weighted by molar-refractivity contribution is -0.136. The lowest BCUT2D eigenvalue weighted by Gasteiger charge is -2.11. The SMILES string of the molecule is CCOc1ccccc1NC(=O)C(=O)NCCc1ccccc1OC. The zero-order chi connectivity index (χ0) is 18.1. The molecule has 0 unspecified atom stereocenters. The number of nitrogens with one attached hydrogen (secondary N) is 2. The third-order valence-electron chi connectivity index (χ3n) is 3.51. The van der Waals surface area contributed by atoms with Crippen LogP contribution >= 0.6 is 0 Å². The van der Waals surface area contributed by atoms with Crippen LogP contribution in [0, 0.1) is 0 Å². The van der Waals surface area contributed by atoms with Crippen LogP contribution in [0.15, 0.2) is 48.5 Å². The summed E-state index contributed by atoms with van der Waals surface area (Å²) < 4.78 is 10.7. The topological polar surface area (TPSA) is 76.7 Å². The summed E-state index contributed by atoms with van der Waals surface area (Å²) in [6.45, 7) is 2.65. The highest BCUT2D eigenvalue weighted by Crippen LogP contribution is 2.23. The van der Waals surface area contributed by atoms with Gasteiger partial charge in [-0.3, -0.25) is 9.59 Å². The molecule has 0 atom stereocenters. The van der Waals surface area contributed by atoms with Crippen LogP contribution in [0.1, 0.15) is 12.5 Å². The highest BCUT2D eigenvalue weighted by Gasteiger charge is 2.15. The van der Waals surface area contributed by atoms with Crippen LogP contribution in [-0.2, 0) is 16.0 Å². The second kappa shape index (κ2) is 9.32. The quantitative estimate of drug-likeness (QED) is 0.758. The molecule has 2 aromatic carbocycles. The van der Waals surface area contributed by atoms with Crippen LogP contribution < -0.4 is 20.1 Å². The molecular weight excluding hydrogens is 320 g/mol. The molecule has 25 heavy (non-hydrogen) atoms. The van der Waals surface area contributed by atoms with Crippen molar-refractivity contribution < 1.29 is 19.1 Å². The summed E-state index contributed by atoms with van der Waals surface area (Å²) in [5, 5.41) is 5.17. The van der Waals surface area contributed by atoms with E-state index in [2.05, 4.69) is 10.6 Å². The van der Waals surface area contributed by atoms with Crippen LogP contribution in [0.3, 0.4) is 0 Å². The number of hydrogen-bond acceptors (Lipinski definition) is 4. The molecule has 6 nitrogen and oxygen atoms in total. The molecule has 0 heterocycles. The fraction of sp³-hybridized carbons (Fsp3) is 0.263. The van der Waals surface area contributed by atoms with Gasteiger partial charge < -0.3 is 20.1 Å². The van der Waals surface area contributed by atoms with Crippen LogP contribution in [-0.4, -0.2) is 32.1 Å². The van der Waals surface area contributed by atoms with E-state index < -0.39 is 11.8 Å². The molecule has 0 aliphatic heterocycles. The van der Waals surface area contributed by atoms with Crippen molar-refractivity contribution in [2.75, 3.05) is 25.6 Å². The predicted molar refractivity (Wildman–Crippen MR) is 95.9 cm³/mol. The molecule has 0 spiro atoms. The summed E-state index contributed by atoms with van der Waals surface area (Å²) in [4.78, 5) is 24.0. The van der Waals surface area contributed by atoms with Crippen LogP contribution in [0.4, 0.5) is 5.69 Å². The van der Waals surface area contributed by atoms with Crippen molar-refractivity contribution in [3.63, 3.8) is 0 Å². The van der Waals surface area contributed by atoms with Gasteiger partial charge in [-0.1, -0.05) is 30.3 Å². The fourth-order valence-corrected chi connectivity index (χ4v) is 2.33. The van der Waals surface area contributed by atoms with E-state index in [-0.39, 0.29) is 0 Å². The van der Waals surface area contributed by atoms with Crippen molar-refractivity contribution in [3.8, 4) is 11.5 Å². The van der Waals surface area contributed by atoms with Gasteiger partial charge in [0, 0.05) is 6.54 Å². The Labute approximate surface area is 147 Å². The van der Waals surface area contributed by atoms with E-state index in [1.165, 1.54) is 0 Å². The van der Waals surface area contributed by atoms with Gasteiger partial charge in [0.1, 0.15) is 11.5 Å². The Balaban J connectivity index is 1.87. The number of carbonyl (C=O) groups excluding carboxylic acids is 2. The second-order valence-corrected chi connectivity index (χ2v) is 5.20. The molecule has 6 heteroatoms. The number of amides is 2. The van der Waals surface area contributed by atoms with E-state index in [0.29, 0.717) is 31.0 Å². The van der Waals surface area contributed by atoms with Gasteiger partial charge in [-0.05, 0) is 37.1 Å². The first kappa shape index (κ1) is 18.3. The third kappa shape index (κ3) is 5.24. The number of ether oxygens (including phenoxy) is 2. The number of carbonyl (C=O) groups is 2. The van der Waals surface area contributed by atoms with E-state index in [1.54, 1.807) is 31.4 Å². The normalized spacial score (nSPS) is 10.0. The Hall–Kier alpha value is -3.02. The molecule has 2 amide bonds. The van der Waals surface area contributed by atoms with Gasteiger partial charge >= 0.3 is 11.8 Å². The number of rotatable bonds is 7. The van der Waals surface area contributed by atoms with Crippen LogP contribution in [0.5, 0.6) is 11.5 Å². The van der Waals surface area contributed by atoms with Gasteiger partial charge in [0.2, 0.25) is 0 Å². The third-order valence-corrected chi connectivity index (χ3v) is 3.51. The molecule has 132 valence electrons. The molecule has 0 aliphatic rings. The van der Waals surface area contributed by atoms with Crippen molar-refractivity contribution >= 4 is 17.5 Å². The summed E-state index contributed by atoms with van der Waals surface area (Å²) in [6.07, 6.45) is 0.568. The Bertz CT molecular complexity index is 731. The molecule has 2 N–H and O–H groups in total. The molecule has 0 saturated heterocycles. The molecule has 2 rings (SSSR count). The Morgan fingerprint density at radius 3 is 2.36 bits per heavy atom. The number of para-hydroxylation sites is 3. The van der Waals surface area contributed by atoms with Gasteiger partial charge in [0.25, 0.3) is 0 Å². The maximum atomic E-state index is 12.0. The Kier molecular flexibility index (Phi) is 6.83. The van der Waals surface area contributed by atoms with Crippen molar-refractivity contribution in [1.29, 1.82) is 0 Å². The summed E-state index contributed by atoms with van der Waals surface area (Å²) in [7, 11) is 1.60. The molecule has 0 aliphatic carbocycles. The zero-order valence-electron chi connectivity index (χ0n) is 14.4. The molecule has 2 aromatic rings. The largest absolute Gasteiger partial charge is 0.496 e. The molecule has 0 bridgehead atoms. The lowest BCUT2D eigenvalue weighted by Crippen LogP contribution is -2.36. The van der Waals surface area contributed by atoms with Gasteiger partial charge in [-0.15, -0.1) is 0 Å². The summed E-state index contributed by atoms with van der Waals surface area (Å²) in [5.74, 6) is -0.139. The van der Waals surface area contributed by atoms with Gasteiger partial charge in [-0.2, -0.15) is 0 Å². The van der Waals surface area contributed by atoms with E-state index in [1.807, 2.05) is 31.2 Å². The van der Waals surface area contributed by atoms with Crippen molar-refractivity contribution in [2.24, 2.45) is 0 Å². The fourth-order valence-electron chi connectivity index (χ4n) is 2.33. The molecule has 0 radical (unpaired) electrons. The van der Waals surface area contributed by atoms with Crippen molar-refractivity contribution in [1.82, 2.24) is 5.32 Å². The Morgan fingerprint density at radius 1 is 0.960 bits per heavy atom. The monoisotopic (exact) mass is 342 g/mol. The lowest BCUT2D eigenvalue weighted by atomic mass is 10.1. The molecule has 0 fully saturated rings. The van der Waals surface area contributed by atoms with E-state index in [4.69, 9.17) is 9.47 Å².